The lowest BCUT2D eigenvalue weighted by Crippen LogP contribution is -2.38. The van der Waals surface area contributed by atoms with Crippen molar-refractivity contribution < 1.29 is 17.9 Å². The first kappa shape index (κ1) is 26.3. The first-order valence-corrected chi connectivity index (χ1v) is 13.2. The van der Waals surface area contributed by atoms with Crippen LogP contribution in [-0.2, 0) is 23.4 Å². The molecule has 1 amide bonds. The maximum absolute atomic E-state index is 13.1. The minimum absolute atomic E-state index is 0.0124. The Bertz CT molecular complexity index is 1620. The number of amides is 1. The average molecular weight is 541 g/mol. The Balaban J connectivity index is 1.59. The second kappa shape index (κ2) is 10.3. The zero-order valence-corrected chi connectivity index (χ0v) is 22.0. The number of aromatic nitrogens is 3. The molecule has 2 aromatic heterocycles. The monoisotopic (exact) mass is 540 g/mol. The number of halogens is 1. The van der Waals surface area contributed by atoms with Crippen LogP contribution in [0.1, 0.15) is 29.8 Å². The highest BCUT2D eigenvalue weighted by Crippen LogP contribution is 2.28. The minimum atomic E-state index is -3.73. The SMILES string of the molecule is Cn1c(=O)c(C(=O)NCc2ccc(Cl)cc2)cc2cnnc(OCC(C)(C)S(=O)(=O)c3ccccc3)c21. The van der Waals surface area contributed by atoms with Crippen LogP contribution in [0.5, 0.6) is 5.88 Å². The number of pyridine rings is 1. The van der Waals surface area contributed by atoms with Gasteiger partial charge in [-0.25, -0.2) is 8.42 Å². The largest absolute Gasteiger partial charge is 0.473 e. The molecule has 4 aromatic rings. The van der Waals surface area contributed by atoms with Gasteiger partial charge in [0.15, 0.2) is 9.84 Å². The van der Waals surface area contributed by atoms with E-state index in [1.165, 1.54) is 36.0 Å². The zero-order chi connectivity index (χ0) is 26.8. The summed E-state index contributed by atoms with van der Waals surface area (Å²) in [6.07, 6.45) is 1.41. The highest BCUT2D eigenvalue weighted by molar-refractivity contribution is 7.92. The lowest BCUT2D eigenvalue weighted by Gasteiger charge is -2.25. The molecule has 0 aliphatic carbocycles. The molecule has 2 aromatic carbocycles. The molecular formula is C26H25ClN4O5S. The Labute approximate surface area is 219 Å². The number of sulfone groups is 1. The summed E-state index contributed by atoms with van der Waals surface area (Å²) >= 11 is 5.89. The van der Waals surface area contributed by atoms with Gasteiger partial charge in [0.05, 0.1) is 11.1 Å². The van der Waals surface area contributed by atoms with E-state index >= 15 is 0 Å². The number of benzene rings is 2. The first-order chi connectivity index (χ1) is 17.5. The lowest BCUT2D eigenvalue weighted by atomic mass is 10.1. The zero-order valence-electron chi connectivity index (χ0n) is 20.4. The minimum Gasteiger partial charge on any atom is -0.473 e. The van der Waals surface area contributed by atoms with Crippen LogP contribution < -0.4 is 15.6 Å². The van der Waals surface area contributed by atoms with E-state index in [-0.39, 0.29) is 29.5 Å². The smallest absolute Gasteiger partial charge is 0.263 e. The number of nitrogens with zero attached hydrogens (tertiary/aromatic N) is 3. The van der Waals surface area contributed by atoms with Gasteiger partial charge < -0.3 is 14.6 Å². The molecule has 0 saturated carbocycles. The van der Waals surface area contributed by atoms with Gasteiger partial charge >= 0.3 is 0 Å². The number of fused-ring (bicyclic) bond motifs is 1. The van der Waals surface area contributed by atoms with Crippen molar-refractivity contribution in [2.24, 2.45) is 7.05 Å². The van der Waals surface area contributed by atoms with Crippen LogP contribution in [0.4, 0.5) is 0 Å². The third kappa shape index (κ3) is 5.35. The maximum Gasteiger partial charge on any atom is 0.263 e. The van der Waals surface area contributed by atoms with E-state index in [0.29, 0.717) is 15.9 Å². The number of hydrogen-bond donors (Lipinski definition) is 1. The summed E-state index contributed by atoms with van der Waals surface area (Å²) in [7, 11) is -2.24. The molecule has 0 fully saturated rings. The van der Waals surface area contributed by atoms with Crippen LogP contribution in [-0.4, -0.2) is 40.4 Å². The first-order valence-electron chi connectivity index (χ1n) is 11.3. The Morgan fingerprint density at radius 3 is 2.46 bits per heavy atom. The van der Waals surface area contributed by atoms with Gasteiger partial charge in [0.25, 0.3) is 17.3 Å². The fraction of sp³-hybridized carbons (Fsp3) is 0.231. The predicted molar refractivity (Wildman–Crippen MR) is 141 cm³/mol. The van der Waals surface area contributed by atoms with E-state index in [0.717, 1.165) is 5.56 Å². The molecule has 0 saturated heterocycles. The van der Waals surface area contributed by atoms with E-state index in [9.17, 15) is 18.0 Å². The maximum atomic E-state index is 13.1. The highest BCUT2D eigenvalue weighted by Gasteiger charge is 2.37. The molecule has 0 bridgehead atoms. The third-order valence-corrected chi connectivity index (χ3v) is 8.66. The number of carbonyl (C=O) groups is 1. The summed E-state index contributed by atoms with van der Waals surface area (Å²) in [5, 5.41) is 11.7. The van der Waals surface area contributed by atoms with Crippen molar-refractivity contribution in [3.05, 3.63) is 93.4 Å². The van der Waals surface area contributed by atoms with Crippen molar-refractivity contribution in [1.29, 1.82) is 0 Å². The Morgan fingerprint density at radius 2 is 1.78 bits per heavy atom. The number of hydrogen-bond acceptors (Lipinski definition) is 7. The third-order valence-electron chi connectivity index (χ3n) is 5.94. The van der Waals surface area contributed by atoms with E-state index < -0.39 is 26.1 Å². The predicted octanol–water partition coefficient (Wildman–Crippen LogP) is 3.54. The van der Waals surface area contributed by atoms with Gasteiger partial charge in [-0.2, -0.15) is 5.10 Å². The van der Waals surface area contributed by atoms with Crippen molar-refractivity contribution in [2.45, 2.75) is 30.0 Å². The summed E-state index contributed by atoms with van der Waals surface area (Å²) in [6, 6.07) is 16.5. The second-order valence-corrected chi connectivity index (χ2v) is 12.1. The molecule has 4 rings (SSSR count). The molecule has 9 nitrogen and oxygen atoms in total. The molecule has 37 heavy (non-hydrogen) atoms. The normalized spacial score (nSPS) is 11.9. The number of rotatable bonds is 8. The molecule has 0 aliphatic heterocycles. The topological polar surface area (TPSA) is 120 Å². The van der Waals surface area contributed by atoms with Crippen molar-refractivity contribution in [1.82, 2.24) is 20.1 Å². The molecule has 0 spiro atoms. The van der Waals surface area contributed by atoms with Gasteiger partial charge in [0, 0.05) is 24.0 Å². The fourth-order valence-electron chi connectivity index (χ4n) is 3.70. The second-order valence-electron chi connectivity index (χ2n) is 9.05. The van der Waals surface area contributed by atoms with Gasteiger partial charge in [-0.15, -0.1) is 5.10 Å². The van der Waals surface area contributed by atoms with Gasteiger partial charge in [0.2, 0.25) is 0 Å². The van der Waals surface area contributed by atoms with E-state index in [2.05, 4.69) is 15.5 Å². The van der Waals surface area contributed by atoms with Crippen LogP contribution >= 0.6 is 11.6 Å². The Kier molecular flexibility index (Phi) is 7.33. The van der Waals surface area contributed by atoms with Crippen LogP contribution in [0.15, 0.2) is 76.6 Å². The molecule has 0 aliphatic rings. The quantitative estimate of drug-likeness (QED) is 0.363. The van der Waals surface area contributed by atoms with Crippen molar-refractivity contribution in [3.8, 4) is 5.88 Å². The van der Waals surface area contributed by atoms with Crippen LogP contribution in [0.25, 0.3) is 10.9 Å². The highest BCUT2D eigenvalue weighted by atomic mass is 35.5. The summed E-state index contributed by atoms with van der Waals surface area (Å²) in [4.78, 5) is 26.0. The molecule has 11 heteroatoms. The standard InChI is InChI=1S/C26H25ClN4O5S/c1-26(2,37(34,35)20-7-5-4-6-8-20)16-36-24-22-18(15-29-30-24)13-21(25(33)31(22)3)23(32)28-14-17-9-11-19(27)12-10-17/h4-13,15H,14,16H2,1-3H3,(H,28,32). The molecular weight excluding hydrogens is 516 g/mol. The lowest BCUT2D eigenvalue weighted by molar-refractivity contribution is 0.0949. The van der Waals surface area contributed by atoms with Crippen LogP contribution in [0, 0.1) is 0 Å². The summed E-state index contributed by atoms with van der Waals surface area (Å²) in [6.45, 7) is 3.08. The van der Waals surface area contributed by atoms with Crippen LogP contribution in [0.2, 0.25) is 5.02 Å². The van der Waals surface area contributed by atoms with Gasteiger partial charge in [0.1, 0.15) is 22.4 Å². The van der Waals surface area contributed by atoms with Gasteiger partial charge in [-0.3, -0.25) is 9.59 Å². The van der Waals surface area contributed by atoms with Crippen LogP contribution in [0.3, 0.4) is 0 Å². The molecule has 1 N–H and O–H groups in total. The summed E-state index contributed by atoms with van der Waals surface area (Å²) in [5.41, 5.74) is 0.483. The van der Waals surface area contributed by atoms with E-state index in [4.69, 9.17) is 16.3 Å². The number of aryl methyl sites for hydroxylation is 1. The summed E-state index contributed by atoms with van der Waals surface area (Å²) in [5.74, 6) is -0.562. The van der Waals surface area contributed by atoms with Gasteiger partial charge in [-0.1, -0.05) is 41.9 Å². The van der Waals surface area contributed by atoms with Crippen molar-refractivity contribution in [2.75, 3.05) is 6.61 Å². The fourth-order valence-corrected chi connectivity index (χ4v) is 5.19. The van der Waals surface area contributed by atoms with E-state index in [1.807, 2.05) is 0 Å². The number of carbonyl (C=O) groups excluding carboxylic acids is 1. The number of nitrogens with one attached hydrogen (secondary N) is 1. The van der Waals surface area contributed by atoms with Crippen molar-refractivity contribution in [3.63, 3.8) is 0 Å². The molecule has 2 heterocycles. The Morgan fingerprint density at radius 1 is 1.11 bits per heavy atom. The molecule has 0 unspecified atom stereocenters. The van der Waals surface area contributed by atoms with Gasteiger partial charge in [-0.05, 0) is 49.7 Å². The molecule has 192 valence electrons. The Hall–Kier alpha value is -3.76. The molecule has 0 atom stereocenters. The van der Waals surface area contributed by atoms with E-state index in [1.54, 1.807) is 56.3 Å². The summed E-state index contributed by atoms with van der Waals surface area (Å²) < 4.78 is 32.0. The molecule has 0 radical (unpaired) electrons. The average Bonchev–Trinajstić information content (AvgIpc) is 2.89. The van der Waals surface area contributed by atoms with Crippen molar-refractivity contribution >= 4 is 38.2 Å². The number of ether oxygens (including phenoxy) is 1.